The van der Waals surface area contributed by atoms with Gasteiger partial charge >= 0.3 is 0 Å². The normalized spacial score (nSPS) is 20.5. The highest BCUT2D eigenvalue weighted by Crippen LogP contribution is 2.29. The maximum absolute atomic E-state index is 2.32. The lowest BCUT2D eigenvalue weighted by atomic mass is 9.98. The molecule has 0 bridgehead atoms. The number of allylic oxidation sites excluding steroid dienone is 3. The van der Waals surface area contributed by atoms with Crippen molar-refractivity contribution in [1.82, 2.24) is 4.90 Å². The molecule has 1 heterocycles. The summed E-state index contributed by atoms with van der Waals surface area (Å²) in [6.07, 6.45) is 4.54. The molecule has 0 fully saturated rings. The van der Waals surface area contributed by atoms with Crippen molar-refractivity contribution < 1.29 is 0 Å². The summed E-state index contributed by atoms with van der Waals surface area (Å²) in [6, 6.07) is 9.18. The molecule has 0 spiro atoms. The molecule has 1 aromatic rings. The maximum Gasteiger partial charge on any atom is 0.0725 e. The molecule has 1 heteroatoms. The standard InChI is InChI=1S/C15H19N/c1-11-5-7-14(8-6-11)15-10-12(2)9-13(3)16(15)4/h5-10,15H,1-4H3. The third-order valence-corrected chi connectivity index (χ3v) is 3.25. The largest absolute Gasteiger partial charge is 0.368 e. The fourth-order valence-electron chi connectivity index (χ4n) is 2.14. The molecule has 84 valence electrons. The first-order chi connectivity index (χ1) is 7.58. The van der Waals surface area contributed by atoms with E-state index in [0.29, 0.717) is 6.04 Å². The molecule has 1 aliphatic rings. The van der Waals surface area contributed by atoms with Gasteiger partial charge in [0.05, 0.1) is 6.04 Å². The van der Waals surface area contributed by atoms with Gasteiger partial charge in [0.25, 0.3) is 0 Å². The zero-order valence-electron chi connectivity index (χ0n) is 10.5. The Labute approximate surface area is 98.1 Å². The third-order valence-electron chi connectivity index (χ3n) is 3.25. The number of nitrogens with zero attached hydrogens (tertiary/aromatic N) is 1. The predicted octanol–water partition coefficient (Wildman–Crippen LogP) is 3.83. The summed E-state index contributed by atoms with van der Waals surface area (Å²) in [5.74, 6) is 0. The van der Waals surface area contributed by atoms with Gasteiger partial charge in [0, 0.05) is 12.7 Å². The molecule has 1 aliphatic heterocycles. The van der Waals surface area contributed by atoms with Crippen LogP contribution in [-0.4, -0.2) is 11.9 Å². The van der Waals surface area contributed by atoms with E-state index in [1.807, 2.05) is 0 Å². The minimum atomic E-state index is 0.380. The Bertz CT molecular complexity index is 437. The highest BCUT2D eigenvalue weighted by atomic mass is 15.1. The summed E-state index contributed by atoms with van der Waals surface area (Å²) in [4.78, 5) is 2.32. The van der Waals surface area contributed by atoms with Crippen molar-refractivity contribution in [3.05, 3.63) is 58.8 Å². The van der Waals surface area contributed by atoms with Crippen LogP contribution in [0.15, 0.2) is 47.7 Å². The molecule has 0 aromatic heterocycles. The number of likely N-dealkylation sites (N-methyl/N-ethyl adjacent to an activating group) is 1. The van der Waals surface area contributed by atoms with E-state index in [2.05, 4.69) is 69.1 Å². The van der Waals surface area contributed by atoms with Crippen LogP contribution in [0.4, 0.5) is 0 Å². The van der Waals surface area contributed by atoms with Gasteiger partial charge in [0.1, 0.15) is 0 Å². The van der Waals surface area contributed by atoms with Crippen LogP contribution in [0, 0.1) is 6.92 Å². The average Bonchev–Trinajstić information content (AvgIpc) is 2.25. The fraction of sp³-hybridized carbons (Fsp3) is 0.333. The molecule has 0 radical (unpaired) electrons. The first-order valence-corrected chi connectivity index (χ1v) is 5.74. The van der Waals surface area contributed by atoms with Crippen molar-refractivity contribution in [3.8, 4) is 0 Å². The van der Waals surface area contributed by atoms with Crippen molar-refractivity contribution in [2.75, 3.05) is 7.05 Å². The van der Waals surface area contributed by atoms with E-state index in [9.17, 15) is 0 Å². The van der Waals surface area contributed by atoms with E-state index >= 15 is 0 Å². The van der Waals surface area contributed by atoms with E-state index in [1.54, 1.807) is 0 Å². The van der Waals surface area contributed by atoms with Crippen LogP contribution in [0.3, 0.4) is 0 Å². The van der Waals surface area contributed by atoms with Crippen molar-refractivity contribution in [2.45, 2.75) is 26.8 Å². The Morgan fingerprint density at radius 3 is 2.25 bits per heavy atom. The molecule has 1 unspecified atom stereocenters. The topological polar surface area (TPSA) is 3.24 Å². The van der Waals surface area contributed by atoms with E-state index in [4.69, 9.17) is 0 Å². The Hall–Kier alpha value is -1.50. The quantitative estimate of drug-likeness (QED) is 0.685. The molecule has 16 heavy (non-hydrogen) atoms. The summed E-state index contributed by atoms with van der Waals surface area (Å²) in [5.41, 5.74) is 5.35. The summed E-state index contributed by atoms with van der Waals surface area (Å²) in [5, 5.41) is 0. The molecule has 0 aliphatic carbocycles. The highest BCUT2D eigenvalue weighted by Gasteiger charge is 2.18. The van der Waals surface area contributed by atoms with Gasteiger partial charge in [-0.2, -0.15) is 0 Å². The molecule has 0 saturated carbocycles. The third kappa shape index (κ3) is 2.04. The van der Waals surface area contributed by atoms with E-state index in [0.717, 1.165) is 0 Å². The summed E-state index contributed by atoms with van der Waals surface area (Å²) >= 11 is 0. The van der Waals surface area contributed by atoms with E-state index in [1.165, 1.54) is 22.4 Å². The Kier molecular flexibility index (Phi) is 2.86. The molecule has 1 atom stereocenters. The maximum atomic E-state index is 2.32. The Morgan fingerprint density at radius 1 is 1.00 bits per heavy atom. The lowest BCUT2D eigenvalue weighted by Gasteiger charge is -2.32. The molecule has 0 amide bonds. The number of hydrogen-bond acceptors (Lipinski definition) is 1. The average molecular weight is 213 g/mol. The van der Waals surface area contributed by atoms with Gasteiger partial charge < -0.3 is 4.90 Å². The predicted molar refractivity (Wildman–Crippen MR) is 69.2 cm³/mol. The van der Waals surface area contributed by atoms with Gasteiger partial charge in [-0.3, -0.25) is 0 Å². The Morgan fingerprint density at radius 2 is 1.62 bits per heavy atom. The number of rotatable bonds is 1. The van der Waals surface area contributed by atoms with Crippen LogP contribution in [0.1, 0.15) is 31.0 Å². The highest BCUT2D eigenvalue weighted by molar-refractivity contribution is 5.35. The molecular formula is C15H19N. The smallest absolute Gasteiger partial charge is 0.0725 e. The van der Waals surface area contributed by atoms with Gasteiger partial charge in [-0.05, 0) is 32.4 Å². The Balaban J connectivity index is 2.35. The zero-order chi connectivity index (χ0) is 11.7. The van der Waals surface area contributed by atoms with Gasteiger partial charge in [-0.25, -0.2) is 0 Å². The number of hydrogen-bond donors (Lipinski definition) is 0. The lowest BCUT2D eigenvalue weighted by molar-refractivity contribution is 0.354. The van der Waals surface area contributed by atoms with Crippen molar-refractivity contribution >= 4 is 0 Å². The van der Waals surface area contributed by atoms with Crippen LogP contribution < -0.4 is 0 Å². The molecule has 2 rings (SSSR count). The van der Waals surface area contributed by atoms with Gasteiger partial charge in [-0.15, -0.1) is 0 Å². The van der Waals surface area contributed by atoms with Crippen molar-refractivity contribution in [2.24, 2.45) is 0 Å². The van der Waals surface area contributed by atoms with E-state index < -0.39 is 0 Å². The first kappa shape index (κ1) is 11.0. The second-order valence-electron chi connectivity index (χ2n) is 4.66. The van der Waals surface area contributed by atoms with Crippen LogP contribution in [0.2, 0.25) is 0 Å². The SMILES string of the molecule is CC1=CC(c2ccc(C)cc2)N(C)C(C)=C1. The van der Waals surface area contributed by atoms with Crippen molar-refractivity contribution in [3.63, 3.8) is 0 Å². The number of aryl methyl sites for hydroxylation is 1. The van der Waals surface area contributed by atoms with Gasteiger partial charge in [0.2, 0.25) is 0 Å². The fourth-order valence-corrected chi connectivity index (χ4v) is 2.14. The zero-order valence-corrected chi connectivity index (χ0v) is 10.5. The minimum Gasteiger partial charge on any atom is -0.368 e. The summed E-state index contributed by atoms with van der Waals surface area (Å²) in [7, 11) is 2.15. The van der Waals surface area contributed by atoms with Crippen LogP contribution in [0.25, 0.3) is 0 Å². The van der Waals surface area contributed by atoms with Crippen LogP contribution in [-0.2, 0) is 0 Å². The molecular weight excluding hydrogens is 194 g/mol. The first-order valence-electron chi connectivity index (χ1n) is 5.74. The second kappa shape index (κ2) is 4.17. The molecule has 1 aromatic carbocycles. The lowest BCUT2D eigenvalue weighted by Crippen LogP contribution is -2.24. The second-order valence-corrected chi connectivity index (χ2v) is 4.66. The minimum absolute atomic E-state index is 0.380. The van der Waals surface area contributed by atoms with Crippen LogP contribution >= 0.6 is 0 Å². The molecule has 1 nitrogen and oxygen atoms in total. The van der Waals surface area contributed by atoms with Crippen LogP contribution in [0.5, 0.6) is 0 Å². The number of benzene rings is 1. The monoisotopic (exact) mass is 213 g/mol. The van der Waals surface area contributed by atoms with Gasteiger partial charge in [-0.1, -0.05) is 41.5 Å². The molecule has 0 saturated heterocycles. The van der Waals surface area contributed by atoms with E-state index in [-0.39, 0.29) is 0 Å². The van der Waals surface area contributed by atoms with Crippen molar-refractivity contribution in [1.29, 1.82) is 0 Å². The van der Waals surface area contributed by atoms with Gasteiger partial charge in [0.15, 0.2) is 0 Å². The molecule has 0 N–H and O–H groups in total. The summed E-state index contributed by atoms with van der Waals surface area (Å²) in [6.45, 7) is 6.45. The summed E-state index contributed by atoms with van der Waals surface area (Å²) < 4.78 is 0.